The first-order valence-corrected chi connectivity index (χ1v) is 4.19. The summed E-state index contributed by atoms with van der Waals surface area (Å²) in [5, 5.41) is 0.674. The highest BCUT2D eigenvalue weighted by molar-refractivity contribution is 6.31. The van der Waals surface area contributed by atoms with E-state index < -0.39 is 5.54 Å². The van der Waals surface area contributed by atoms with Crippen molar-refractivity contribution in [1.29, 1.82) is 0 Å². The Labute approximate surface area is 77.5 Å². The number of benzene rings is 1. The molecule has 0 radical (unpaired) electrons. The first-order chi connectivity index (χ1) is 5.58. The van der Waals surface area contributed by atoms with Gasteiger partial charge in [-0.25, -0.2) is 0 Å². The maximum atomic E-state index is 5.95. The molecule has 0 saturated carbocycles. The van der Waals surface area contributed by atoms with Gasteiger partial charge in [0.2, 0.25) is 0 Å². The maximum Gasteiger partial charge on any atom is 0.0519 e. The highest BCUT2D eigenvalue weighted by atomic mass is 35.5. The van der Waals surface area contributed by atoms with Gasteiger partial charge in [-0.2, -0.15) is 0 Å². The Morgan fingerprint density at radius 1 is 1.42 bits per heavy atom. The Bertz CT molecular complexity index is 271. The molecule has 3 heteroatoms. The normalized spacial score (nSPS) is 15.7. The zero-order valence-electron chi connectivity index (χ0n) is 7.05. The van der Waals surface area contributed by atoms with E-state index in [4.69, 9.17) is 23.1 Å². The van der Waals surface area contributed by atoms with E-state index in [0.29, 0.717) is 11.6 Å². The van der Waals surface area contributed by atoms with Crippen molar-refractivity contribution in [2.24, 2.45) is 11.5 Å². The molecule has 0 saturated heterocycles. The monoisotopic (exact) mass is 184 g/mol. The molecule has 0 fully saturated rings. The van der Waals surface area contributed by atoms with E-state index in [1.165, 1.54) is 0 Å². The van der Waals surface area contributed by atoms with Gasteiger partial charge in [-0.1, -0.05) is 29.8 Å². The second-order valence-corrected chi connectivity index (χ2v) is 3.51. The molecule has 2 nitrogen and oxygen atoms in total. The second-order valence-electron chi connectivity index (χ2n) is 3.10. The summed E-state index contributed by atoms with van der Waals surface area (Å²) in [4.78, 5) is 0. The average molecular weight is 185 g/mol. The summed E-state index contributed by atoms with van der Waals surface area (Å²) in [6.07, 6.45) is 0. The van der Waals surface area contributed by atoms with Crippen molar-refractivity contribution in [1.82, 2.24) is 0 Å². The van der Waals surface area contributed by atoms with Crippen molar-refractivity contribution in [2.75, 3.05) is 6.54 Å². The first-order valence-electron chi connectivity index (χ1n) is 3.82. The van der Waals surface area contributed by atoms with Crippen LogP contribution in [0.25, 0.3) is 0 Å². The van der Waals surface area contributed by atoms with Gasteiger partial charge >= 0.3 is 0 Å². The van der Waals surface area contributed by atoms with Crippen LogP contribution >= 0.6 is 11.6 Å². The molecule has 4 N–H and O–H groups in total. The largest absolute Gasteiger partial charge is 0.328 e. The van der Waals surface area contributed by atoms with Crippen LogP contribution in [0.4, 0.5) is 0 Å². The van der Waals surface area contributed by atoms with Gasteiger partial charge in [0.15, 0.2) is 0 Å². The molecule has 1 aromatic rings. The third-order valence-electron chi connectivity index (χ3n) is 1.91. The number of halogens is 1. The predicted molar refractivity (Wildman–Crippen MR) is 52.0 cm³/mol. The minimum absolute atomic E-state index is 0.386. The topological polar surface area (TPSA) is 52.0 Å². The first kappa shape index (κ1) is 9.52. The Morgan fingerprint density at radius 3 is 2.50 bits per heavy atom. The molecule has 1 rings (SSSR count). The predicted octanol–water partition coefficient (Wildman–Crippen LogP) is 1.47. The lowest BCUT2D eigenvalue weighted by Gasteiger charge is -2.23. The van der Waals surface area contributed by atoms with Crippen molar-refractivity contribution in [3.8, 4) is 0 Å². The Kier molecular flexibility index (Phi) is 2.73. The van der Waals surface area contributed by atoms with Gasteiger partial charge in [0, 0.05) is 11.6 Å². The Morgan fingerprint density at radius 2 is 2.00 bits per heavy atom. The summed E-state index contributed by atoms with van der Waals surface area (Å²) in [6, 6.07) is 7.49. The lowest BCUT2D eigenvalue weighted by Crippen LogP contribution is -2.41. The molecule has 12 heavy (non-hydrogen) atoms. The molecule has 1 atom stereocenters. The van der Waals surface area contributed by atoms with Crippen LogP contribution in [0.1, 0.15) is 12.5 Å². The van der Waals surface area contributed by atoms with Crippen LogP contribution in [0.15, 0.2) is 24.3 Å². The van der Waals surface area contributed by atoms with Gasteiger partial charge in [0.1, 0.15) is 0 Å². The zero-order valence-corrected chi connectivity index (χ0v) is 7.81. The lowest BCUT2D eigenvalue weighted by molar-refractivity contribution is 0.508. The molecular weight excluding hydrogens is 172 g/mol. The van der Waals surface area contributed by atoms with Gasteiger partial charge in [-0.15, -0.1) is 0 Å². The third-order valence-corrected chi connectivity index (χ3v) is 2.24. The highest BCUT2D eigenvalue weighted by Crippen LogP contribution is 2.24. The molecule has 1 aromatic carbocycles. The molecule has 0 heterocycles. The lowest BCUT2D eigenvalue weighted by atomic mass is 9.93. The van der Waals surface area contributed by atoms with Crippen molar-refractivity contribution in [2.45, 2.75) is 12.5 Å². The Balaban J connectivity index is 3.10. The van der Waals surface area contributed by atoms with E-state index in [-0.39, 0.29) is 0 Å². The molecule has 0 aromatic heterocycles. The van der Waals surface area contributed by atoms with E-state index in [1.54, 1.807) is 0 Å². The van der Waals surface area contributed by atoms with E-state index in [0.717, 1.165) is 5.56 Å². The molecule has 66 valence electrons. The minimum atomic E-state index is -0.529. The SMILES string of the molecule is C[C@@](N)(CN)c1ccccc1Cl. The fourth-order valence-electron chi connectivity index (χ4n) is 1.03. The fourth-order valence-corrected chi connectivity index (χ4v) is 1.39. The van der Waals surface area contributed by atoms with Crippen LogP contribution in [0.2, 0.25) is 5.02 Å². The molecule has 0 unspecified atom stereocenters. The smallest absolute Gasteiger partial charge is 0.0519 e. The Hall–Kier alpha value is -0.570. The summed E-state index contributed by atoms with van der Waals surface area (Å²) in [6.45, 7) is 2.25. The van der Waals surface area contributed by atoms with Crippen molar-refractivity contribution < 1.29 is 0 Å². The second kappa shape index (κ2) is 3.44. The quantitative estimate of drug-likeness (QED) is 0.732. The molecule has 0 aliphatic rings. The number of rotatable bonds is 2. The standard InChI is InChI=1S/C9H13ClN2/c1-9(12,6-11)7-4-2-3-5-8(7)10/h2-5H,6,11-12H2,1H3/t9-/m1/s1. The minimum Gasteiger partial charge on any atom is -0.328 e. The summed E-state index contributed by atoms with van der Waals surface area (Å²) in [7, 11) is 0. The van der Waals surface area contributed by atoms with Crippen molar-refractivity contribution >= 4 is 11.6 Å². The number of hydrogen-bond donors (Lipinski definition) is 2. The van der Waals surface area contributed by atoms with Gasteiger partial charge in [-0.3, -0.25) is 0 Å². The zero-order chi connectivity index (χ0) is 9.19. The molecule has 0 bridgehead atoms. The van der Waals surface area contributed by atoms with Crippen molar-refractivity contribution in [3.63, 3.8) is 0 Å². The van der Waals surface area contributed by atoms with Crippen molar-refractivity contribution in [3.05, 3.63) is 34.9 Å². The maximum absolute atomic E-state index is 5.95. The molecule has 0 spiro atoms. The fraction of sp³-hybridized carbons (Fsp3) is 0.333. The van der Waals surface area contributed by atoms with Gasteiger partial charge in [-0.05, 0) is 18.6 Å². The van der Waals surface area contributed by atoms with Crippen LogP contribution in [-0.2, 0) is 5.54 Å². The summed E-state index contributed by atoms with van der Waals surface area (Å²) >= 11 is 5.95. The molecule has 0 aliphatic carbocycles. The van der Waals surface area contributed by atoms with E-state index in [9.17, 15) is 0 Å². The molecule has 0 amide bonds. The van der Waals surface area contributed by atoms with E-state index in [2.05, 4.69) is 0 Å². The molecular formula is C9H13ClN2. The van der Waals surface area contributed by atoms with Crippen LogP contribution in [0, 0.1) is 0 Å². The highest BCUT2D eigenvalue weighted by Gasteiger charge is 2.20. The van der Waals surface area contributed by atoms with Gasteiger partial charge in [0.25, 0.3) is 0 Å². The summed E-state index contributed by atoms with van der Waals surface area (Å²) in [5.41, 5.74) is 11.8. The average Bonchev–Trinajstić information content (AvgIpc) is 2.05. The van der Waals surface area contributed by atoms with E-state index >= 15 is 0 Å². The van der Waals surface area contributed by atoms with Crippen LogP contribution < -0.4 is 11.5 Å². The summed E-state index contributed by atoms with van der Waals surface area (Å²) in [5.74, 6) is 0. The van der Waals surface area contributed by atoms with Crippen LogP contribution in [0.3, 0.4) is 0 Å². The number of hydrogen-bond acceptors (Lipinski definition) is 2. The van der Waals surface area contributed by atoms with Crippen LogP contribution in [-0.4, -0.2) is 6.54 Å². The number of nitrogens with two attached hydrogens (primary N) is 2. The van der Waals surface area contributed by atoms with Gasteiger partial charge < -0.3 is 11.5 Å². The van der Waals surface area contributed by atoms with E-state index in [1.807, 2.05) is 31.2 Å². The van der Waals surface area contributed by atoms with Gasteiger partial charge in [0.05, 0.1) is 5.54 Å². The summed E-state index contributed by atoms with van der Waals surface area (Å²) < 4.78 is 0. The molecule has 0 aliphatic heterocycles. The van der Waals surface area contributed by atoms with Crippen LogP contribution in [0.5, 0.6) is 0 Å². The third kappa shape index (κ3) is 1.78.